The third-order valence-electron chi connectivity index (χ3n) is 8.68. The summed E-state index contributed by atoms with van der Waals surface area (Å²) < 4.78 is 1.05. The molecule has 0 radical (unpaired) electrons. The van der Waals surface area contributed by atoms with Crippen molar-refractivity contribution >= 4 is 38.5 Å². The van der Waals surface area contributed by atoms with Crippen molar-refractivity contribution in [2.75, 3.05) is 32.8 Å². The molecule has 1 aromatic heterocycles. The van der Waals surface area contributed by atoms with E-state index in [1.807, 2.05) is 30.0 Å². The predicted octanol–water partition coefficient (Wildman–Crippen LogP) is 6.41. The number of aromatic hydroxyl groups is 1. The minimum atomic E-state index is -0.108. The molecule has 5 rings (SSSR count). The fourth-order valence-electron chi connectivity index (χ4n) is 6.06. The van der Waals surface area contributed by atoms with Crippen molar-refractivity contribution in [1.82, 2.24) is 14.8 Å². The number of rotatable bonds is 7. The van der Waals surface area contributed by atoms with Gasteiger partial charge in [-0.15, -0.1) is 0 Å². The normalized spacial score (nSPS) is 18.7. The molecule has 3 aromatic rings. The number of carbonyl (C=O) groups is 1. The summed E-state index contributed by atoms with van der Waals surface area (Å²) in [5.74, 6) is 0.363. The number of pyridine rings is 1. The van der Waals surface area contributed by atoms with E-state index in [0.717, 1.165) is 66.5 Å². The third kappa shape index (κ3) is 6.03. The van der Waals surface area contributed by atoms with Crippen molar-refractivity contribution in [3.05, 3.63) is 69.8 Å². The van der Waals surface area contributed by atoms with Crippen LogP contribution in [0.25, 0.3) is 10.9 Å². The minimum absolute atomic E-state index is 0.0477. The molecule has 2 aromatic carbocycles. The lowest BCUT2D eigenvalue weighted by molar-refractivity contribution is 0.0159. The van der Waals surface area contributed by atoms with Gasteiger partial charge in [-0.3, -0.25) is 9.69 Å². The molecule has 7 nitrogen and oxygen atoms in total. The lowest BCUT2D eigenvalue weighted by atomic mass is 9.82. The Morgan fingerprint density at radius 2 is 1.77 bits per heavy atom. The lowest BCUT2D eigenvalue weighted by Gasteiger charge is -2.49. The zero-order valence-corrected chi connectivity index (χ0v) is 25.3. The largest absolute Gasteiger partial charge is 0.507 e. The van der Waals surface area contributed by atoms with E-state index < -0.39 is 0 Å². The van der Waals surface area contributed by atoms with E-state index in [9.17, 15) is 9.90 Å². The van der Waals surface area contributed by atoms with Crippen LogP contribution in [0.4, 0.5) is 0 Å². The second kappa shape index (κ2) is 12.3. The molecule has 0 bridgehead atoms. The number of carbonyl (C=O) groups excluding carboxylic acids is 1. The van der Waals surface area contributed by atoms with E-state index in [-0.39, 0.29) is 17.2 Å². The second-order valence-corrected chi connectivity index (χ2v) is 12.1. The number of halogens is 1. The Hall–Kier alpha value is -2.97. The number of nitrogens with zero attached hydrogens (tertiary/aromatic N) is 4. The third-order valence-corrected chi connectivity index (χ3v) is 9.21. The number of benzene rings is 2. The van der Waals surface area contributed by atoms with Gasteiger partial charge in [0.1, 0.15) is 18.1 Å². The summed E-state index contributed by atoms with van der Waals surface area (Å²) in [4.78, 5) is 28.0. The highest BCUT2D eigenvalue weighted by Gasteiger charge is 2.39. The second-order valence-electron chi connectivity index (χ2n) is 11.2. The summed E-state index contributed by atoms with van der Waals surface area (Å²) in [7, 11) is 0. The topological polar surface area (TPSA) is 78.3 Å². The molecular formula is C32H39BrN4O3. The van der Waals surface area contributed by atoms with Crippen molar-refractivity contribution in [3.8, 4) is 5.75 Å². The molecule has 0 spiro atoms. The molecule has 212 valence electrons. The molecule has 40 heavy (non-hydrogen) atoms. The molecule has 2 aliphatic rings. The van der Waals surface area contributed by atoms with Crippen LogP contribution in [-0.2, 0) is 11.3 Å². The Labute approximate surface area is 245 Å². The first-order valence-electron chi connectivity index (χ1n) is 14.4. The van der Waals surface area contributed by atoms with Gasteiger partial charge in [0.2, 0.25) is 0 Å². The standard InChI is InChI=1S/C32H39BrN4O3/c1-4-22-6-11-27-26(20-22)29(38)21-28(34-27)31(39)36-18-14-32(3,15-19-36)37-16-12-24(13-17-37)30(35-40-5-2)23-7-9-25(33)10-8-23/h6-11,20-21,24H,4-5,12-19H2,1-3H3,(H,34,38). The van der Waals surface area contributed by atoms with E-state index in [4.69, 9.17) is 4.84 Å². The Balaban J connectivity index is 1.21. The number of oxime groups is 1. The van der Waals surface area contributed by atoms with Crippen LogP contribution in [0.3, 0.4) is 0 Å². The predicted molar refractivity (Wildman–Crippen MR) is 163 cm³/mol. The number of fused-ring (bicyclic) bond motifs is 1. The summed E-state index contributed by atoms with van der Waals surface area (Å²) in [6.07, 6.45) is 4.76. The molecular weight excluding hydrogens is 568 g/mol. The number of hydrogen-bond donors (Lipinski definition) is 1. The molecule has 1 N–H and O–H groups in total. The van der Waals surface area contributed by atoms with Gasteiger partial charge in [-0.2, -0.15) is 0 Å². The molecule has 3 heterocycles. The Kier molecular flexibility index (Phi) is 8.76. The maximum atomic E-state index is 13.4. The smallest absolute Gasteiger partial charge is 0.272 e. The highest BCUT2D eigenvalue weighted by atomic mass is 79.9. The maximum Gasteiger partial charge on any atom is 0.272 e. The fraction of sp³-hybridized carbons (Fsp3) is 0.469. The summed E-state index contributed by atoms with van der Waals surface area (Å²) in [6.45, 7) is 10.3. The maximum absolute atomic E-state index is 13.4. The molecule has 0 unspecified atom stereocenters. The van der Waals surface area contributed by atoms with Gasteiger partial charge in [0.05, 0.1) is 11.2 Å². The van der Waals surface area contributed by atoms with Gasteiger partial charge in [0.15, 0.2) is 0 Å². The molecule has 2 fully saturated rings. The van der Waals surface area contributed by atoms with Crippen LogP contribution in [0.2, 0.25) is 0 Å². The average molecular weight is 608 g/mol. The zero-order valence-electron chi connectivity index (χ0n) is 23.7. The number of hydrogen-bond acceptors (Lipinski definition) is 6. The van der Waals surface area contributed by atoms with Gasteiger partial charge >= 0.3 is 0 Å². The number of piperidine rings is 2. The SMILES string of the molecule is CCON=C(c1ccc(Br)cc1)C1CCN(C2(C)CCN(C(=O)c3cc(O)c4cc(CC)ccc4n3)CC2)CC1. The minimum Gasteiger partial charge on any atom is -0.507 e. The quantitative estimate of drug-likeness (QED) is 0.248. The Morgan fingerprint density at radius 1 is 1.07 bits per heavy atom. The van der Waals surface area contributed by atoms with Gasteiger partial charge in [0, 0.05) is 40.5 Å². The van der Waals surface area contributed by atoms with Crippen LogP contribution in [0, 0.1) is 5.92 Å². The molecule has 0 aliphatic carbocycles. The first-order valence-corrected chi connectivity index (χ1v) is 15.2. The monoisotopic (exact) mass is 606 g/mol. The van der Waals surface area contributed by atoms with Crippen LogP contribution >= 0.6 is 15.9 Å². The van der Waals surface area contributed by atoms with Crippen LogP contribution in [0.15, 0.2) is 58.2 Å². The summed E-state index contributed by atoms with van der Waals surface area (Å²) in [5, 5.41) is 15.9. The molecule has 0 atom stereocenters. The van der Waals surface area contributed by atoms with Gasteiger partial charge in [-0.05, 0) is 94.4 Å². The van der Waals surface area contributed by atoms with E-state index in [0.29, 0.717) is 42.2 Å². The van der Waals surface area contributed by atoms with Crippen molar-refractivity contribution in [3.63, 3.8) is 0 Å². The molecule has 0 saturated carbocycles. The van der Waals surface area contributed by atoms with Crippen molar-refractivity contribution < 1.29 is 14.7 Å². The van der Waals surface area contributed by atoms with Crippen LogP contribution in [0.1, 0.15) is 68.1 Å². The molecule has 2 saturated heterocycles. The Bertz CT molecular complexity index is 1370. The van der Waals surface area contributed by atoms with E-state index >= 15 is 0 Å². The van der Waals surface area contributed by atoms with Crippen molar-refractivity contribution in [2.45, 2.75) is 58.4 Å². The van der Waals surface area contributed by atoms with Gasteiger partial charge in [-0.1, -0.05) is 46.2 Å². The van der Waals surface area contributed by atoms with E-state index in [2.05, 4.69) is 69.1 Å². The Morgan fingerprint density at radius 3 is 2.42 bits per heavy atom. The highest BCUT2D eigenvalue weighted by molar-refractivity contribution is 9.10. The zero-order chi connectivity index (χ0) is 28.3. The van der Waals surface area contributed by atoms with Crippen LogP contribution in [0.5, 0.6) is 5.75 Å². The van der Waals surface area contributed by atoms with E-state index in [1.165, 1.54) is 6.07 Å². The highest BCUT2D eigenvalue weighted by Crippen LogP contribution is 2.34. The first-order chi connectivity index (χ1) is 19.3. The number of amides is 1. The van der Waals surface area contributed by atoms with E-state index in [1.54, 1.807) is 0 Å². The van der Waals surface area contributed by atoms with Crippen molar-refractivity contribution in [2.24, 2.45) is 11.1 Å². The lowest BCUT2D eigenvalue weighted by Crippen LogP contribution is -2.56. The molecule has 1 amide bonds. The van der Waals surface area contributed by atoms with Gasteiger partial charge < -0.3 is 14.8 Å². The molecule has 2 aliphatic heterocycles. The summed E-state index contributed by atoms with van der Waals surface area (Å²) >= 11 is 3.53. The van der Waals surface area contributed by atoms with Crippen LogP contribution in [-0.4, -0.2) is 69.8 Å². The fourth-order valence-corrected chi connectivity index (χ4v) is 6.33. The molecule has 8 heteroatoms. The van der Waals surface area contributed by atoms with Gasteiger partial charge in [0.25, 0.3) is 5.91 Å². The number of aromatic nitrogens is 1. The summed E-state index contributed by atoms with van der Waals surface area (Å²) in [5.41, 5.74) is 4.30. The van der Waals surface area contributed by atoms with Gasteiger partial charge in [-0.25, -0.2) is 4.98 Å². The van der Waals surface area contributed by atoms with Crippen molar-refractivity contribution in [1.29, 1.82) is 0 Å². The number of aryl methyl sites for hydroxylation is 1. The number of likely N-dealkylation sites (tertiary alicyclic amines) is 2. The first kappa shape index (κ1) is 28.6. The summed E-state index contributed by atoms with van der Waals surface area (Å²) in [6, 6.07) is 15.7. The van der Waals surface area contributed by atoms with Crippen LogP contribution < -0.4 is 0 Å². The average Bonchev–Trinajstić information content (AvgIpc) is 2.98.